The van der Waals surface area contributed by atoms with E-state index in [1.807, 2.05) is 6.07 Å². The number of nitrogens with one attached hydrogen (secondary N) is 1. The van der Waals surface area contributed by atoms with Gasteiger partial charge < -0.3 is 20.9 Å². The van der Waals surface area contributed by atoms with Crippen molar-refractivity contribution < 1.29 is 9.84 Å². The molecular formula is C18H23N5O3. The summed E-state index contributed by atoms with van der Waals surface area (Å²) >= 11 is 0. The minimum absolute atomic E-state index is 0.0329. The van der Waals surface area contributed by atoms with Gasteiger partial charge in [0.25, 0.3) is 5.88 Å². The molecule has 8 heteroatoms. The monoisotopic (exact) mass is 357 g/mol. The first-order valence-corrected chi connectivity index (χ1v) is 8.80. The van der Waals surface area contributed by atoms with Crippen LogP contribution in [0.4, 0.5) is 23.1 Å². The van der Waals surface area contributed by atoms with Crippen LogP contribution in [-0.2, 0) is 6.61 Å². The topological polar surface area (TPSA) is 123 Å². The lowest BCUT2D eigenvalue weighted by molar-refractivity contribution is 0.203. The highest BCUT2D eigenvalue weighted by molar-refractivity contribution is 5.67. The van der Waals surface area contributed by atoms with Crippen LogP contribution >= 0.6 is 0 Å². The molecule has 0 radical (unpaired) electrons. The average Bonchev–Trinajstić information content (AvgIpc) is 2.67. The van der Waals surface area contributed by atoms with Gasteiger partial charge in [-0.2, -0.15) is 9.97 Å². The maximum absolute atomic E-state index is 11.1. The van der Waals surface area contributed by atoms with Crippen molar-refractivity contribution in [3.8, 4) is 5.88 Å². The first-order chi connectivity index (χ1) is 12.7. The highest BCUT2D eigenvalue weighted by Crippen LogP contribution is 2.33. The Morgan fingerprint density at radius 3 is 2.81 bits per heavy atom. The van der Waals surface area contributed by atoms with Gasteiger partial charge in [0.05, 0.1) is 13.2 Å². The van der Waals surface area contributed by atoms with E-state index >= 15 is 0 Å². The molecule has 3 rings (SSSR count). The van der Waals surface area contributed by atoms with Gasteiger partial charge in [-0.05, 0) is 41.6 Å². The molecule has 0 spiro atoms. The minimum atomic E-state index is -0.0736. The number of aliphatic hydroxyl groups excluding tert-OH is 1. The van der Waals surface area contributed by atoms with Gasteiger partial charge in [-0.1, -0.05) is 31.4 Å². The highest BCUT2D eigenvalue weighted by atomic mass is 16.5. The van der Waals surface area contributed by atoms with E-state index in [9.17, 15) is 10.0 Å². The second-order valence-corrected chi connectivity index (χ2v) is 6.48. The number of hydrogen-bond acceptors (Lipinski definition) is 8. The summed E-state index contributed by atoms with van der Waals surface area (Å²) in [6.45, 7) is 0.417. The summed E-state index contributed by atoms with van der Waals surface area (Å²) in [6.07, 6.45) is 5.89. The molecule has 0 amide bonds. The van der Waals surface area contributed by atoms with Crippen molar-refractivity contribution in [2.45, 2.75) is 38.7 Å². The molecule has 0 aliphatic heterocycles. The zero-order chi connectivity index (χ0) is 18.4. The van der Waals surface area contributed by atoms with Crippen LogP contribution in [0.1, 0.15) is 37.7 Å². The van der Waals surface area contributed by atoms with Crippen LogP contribution in [0.2, 0.25) is 0 Å². The van der Waals surface area contributed by atoms with Crippen molar-refractivity contribution in [2.24, 2.45) is 11.1 Å². The minimum Gasteiger partial charge on any atom is -0.476 e. The normalized spacial score (nSPS) is 14.8. The lowest BCUT2D eigenvalue weighted by Crippen LogP contribution is -2.16. The van der Waals surface area contributed by atoms with Crippen molar-refractivity contribution in [1.29, 1.82) is 0 Å². The van der Waals surface area contributed by atoms with Crippen molar-refractivity contribution in [3.63, 3.8) is 0 Å². The van der Waals surface area contributed by atoms with Crippen LogP contribution in [0.15, 0.2) is 29.4 Å². The Bertz CT molecular complexity index is 762. The third-order valence-electron chi connectivity index (χ3n) is 4.52. The Kier molecular flexibility index (Phi) is 5.96. The fraction of sp³-hybridized carbons (Fsp3) is 0.444. The van der Waals surface area contributed by atoms with Crippen molar-refractivity contribution in [2.75, 3.05) is 17.7 Å². The summed E-state index contributed by atoms with van der Waals surface area (Å²) in [5.74, 6) is 0.731. The molecule has 138 valence electrons. The lowest BCUT2D eigenvalue weighted by atomic mass is 9.90. The van der Waals surface area contributed by atoms with Crippen molar-refractivity contribution in [3.05, 3.63) is 34.7 Å². The van der Waals surface area contributed by atoms with Gasteiger partial charge >= 0.3 is 0 Å². The number of nitrogen functional groups attached to an aromatic ring is 1. The summed E-state index contributed by atoms with van der Waals surface area (Å²) in [6, 6.07) is 7.19. The average molecular weight is 357 g/mol. The molecule has 1 aromatic heterocycles. The van der Waals surface area contributed by atoms with Crippen LogP contribution in [0, 0.1) is 10.8 Å². The van der Waals surface area contributed by atoms with Gasteiger partial charge in [-0.15, -0.1) is 4.91 Å². The Hall–Kier alpha value is -2.74. The maximum Gasteiger partial charge on any atom is 0.250 e. The van der Waals surface area contributed by atoms with Crippen molar-refractivity contribution >= 4 is 23.1 Å². The van der Waals surface area contributed by atoms with Gasteiger partial charge in [0.1, 0.15) is 0 Å². The second kappa shape index (κ2) is 8.57. The molecule has 1 aliphatic carbocycles. The number of aromatic nitrogens is 2. The molecule has 0 saturated heterocycles. The standard InChI is InChI=1S/C18H23N5O3/c19-16-15(23-25)17(26-11-12-5-2-1-3-6-12)22-18(21-16)20-14-8-4-7-13(9-14)10-24/h4,7-9,12,24H,1-3,5-6,10-11H2,(H3,19,20,21,22). The number of rotatable bonds is 7. The smallest absolute Gasteiger partial charge is 0.250 e. The lowest BCUT2D eigenvalue weighted by Gasteiger charge is -2.21. The molecule has 1 fully saturated rings. The second-order valence-electron chi connectivity index (χ2n) is 6.48. The quantitative estimate of drug-likeness (QED) is 0.646. The number of hydrogen-bond donors (Lipinski definition) is 3. The van der Waals surface area contributed by atoms with Gasteiger partial charge in [0.15, 0.2) is 5.82 Å². The molecule has 0 unspecified atom stereocenters. The van der Waals surface area contributed by atoms with Gasteiger partial charge in [0.2, 0.25) is 11.6 Å². The fourth-order valence-electron chi connectivity index (χ4n) is 3.12. The highest BCUT2D eigenvalue weighted by Gasteiger charge is 2.19. The van der Waals surface area contributed by atoms with Crippen LogP contribution in [-0.4, -0.2) is 21.7 Å². The van der Waals surface area contributed by atoms with E-state index in [-0.39, 0.29) is 29.9 Å². The Morgan fingerprint density at radius 2 is 2.08 bits per heavy atom. The predicted molar refractivity (Wildman–Crippen MR) is 99.6 cm³/mol. The van der Waals surface area contributed by atoms with Gasteiger partial charge in [-0.3, -0.25) is 0 Å². The van der Waals surface area contributed by atoms with E-state index in [4.69, 9.17) is 10.5 Å². The number of aliphatic hydroxyl groups is 1. The molecule has 1 aromatic carbocycles. The molecule has 1 saturated carbocycles. The van der Waals surface area contributed by atoms with E-state index in [1.54, 1.807) is 18.2 Å². The van der Waals surface area contributed by atoms with Crippen molar-refractivity contribution in [1.82, 2.24) is 9.97 Å². The zero-order valence-corrected chi connectivity index (χ0v) is 14.5. The van der Waals surface area contributed by atoms with E-state index in [0.717, 1.165) is 18.4 Å². The predicted octanol–water partition coefficient (Wildman–Crippen LogP) is 3.65. The van der Waals surface area contributed by atoms with Crippen LogP contribution in [0.25, 0.3) is 0 Å². The molecule has 2 aromatic rings. The summed E-state index contributed by atoms with van der Waals surface area (Å²) < 4.78 is 5.77. The molecule has 8 nitrogen and oxygen atoms in total. The Balaban J connectivity index is 1.77. The number of nitroso groups, excluding NO2 is 1. The Morgan fingerprint density at radius 1 is 1.27 bits per heavy atom. The summed E-state index contributed by atoms with van der Waals surface area (Å²) in [4.78, 5) is 19.4. The molecule has 0 bridgehead atoms. The summed E-state index contributed by atoms with van der Waals surface area (Å²) in [5.41, 5.74) is 7.22. The third kappa shape index (κ3) is 4.45. The number of ether oxygens (including phenoxy) is 1. The molecule has 26 heavy (non-hydrogen) atoms. The van der Waals surface area contributed by atoms with E-state index in [0.29, 0.717) is 18.2 Å². The number of benzene rings is 1. The summed E-state index contributed by atoms with van der Waals surface area (Å²) in [5, 5.41) is 15.2. The fourth-order valence-corrected chi connectivity index (χ4v) is 3.12. The first kappa shape index (κ1) is 18.1. The van der Waals surface area contributed by atoms with E-state index < -0.39 is 0 Å². The van der Waals surface area contributed by atoms with Crippen LogP contribution in [0.3, 0.4) is 0 Å². The zero-order valence-electron chi connectivity index (χ0n) is 14.5. The first-order valence-electron chi connectivity index (χ1n) is 8.80. The van der Waals surface area contributed by atoms with Gasteiger partial charge in [0, 0.05) is 5.69 Å². The van der Waals surface area contributed by atoms with Crippen LogP contribution < -0.4 is 15.8 Å². The van der Waals surface area contributed by atoms with E-state index in [1.165, 1.54) is 19.3 Å². The number of anilines is 3. The van der Waals surface area contributed by atoms with E-state index in [2.05, 4.69) is 20.5 Å². The number of nitrogens with two attached hydrogens (primary N) is 1. The maximum atomic E-state index is 11.1. The molecule has 0 atom stereocenters. The molecule has 1 aliphatic rings. The molecule has 4 N–H and O–H groups in total. The van der Waals surface area contributed by atoms with Crippen LogP contribution in [0.5, 0.6) is 5.88 Å². The largest absolute Gasteiger partial charge is 0.476 e. The third-order valence-corrected chi connectivity index (χ3v) is 4.52. The Labute approximate surface area is 151 Å². The van der Waals surface area contributed by atoms with Gasteiger partial charge in [-0.25, -0.2) is 0 Å². The SMILES string of the molecule is Nc1nc(Nc2cccc(CO)c2)nc(OCC2CCCCC2)c1N=O. The summed E-state index contributed by atoms with van der Waals surface area (Å²) in [7, 11) is 0. The number of nitrogens with zero attached hydrogens (tertiary/aromatic N) is 3. The molecule has 1 heterocycles. The molecular weight excluding hydrogens is 334 g/mol.